The van der Waals surface area contributed by atoms with Crippen molar-refractivity contribution in [2.75, 3.05) is 4.90 Å². The summed E-state index contributed by atoms with van der Waals surface area (Å²) in [6, 6.07) is 89.6. The molecule has 4 heteroatoms. The van der Waals surface area contributed by atoms with Gasteiger partial charge in [-0.3, -0.25) is 0 Å². The van der Waals surface area contributed by atoms with Gasteiger partial charge in [0, 0.05) is 73.9 Å². The molecule has 0 saturated heterocycles. The molecule has 0 aliphatic rings. The lowest BCUT2D eigenvalue weighted by Crippen LogP contribution is -2.09. The monoisotopic (exact) mass is 900 g/mol. The van der Waals surface area contributed by atoms with Gasteiger partial charge in [-0.25, -0.2) is 0 Å². The third kappa shape index (κ3) is 6.30. The zero-order valence-corrected chi connectivity index (χ0v) is 38.4. The van der Waals surface area contributed by atoms with E-state index in [4.69, 9.17) is 0 Å². The molecule has 11 aromatic carbocycles. The second kappa shape index (κ2) is 15.7. The van der Waals surface area contributed by atoms with E-state index in [2.05, 4.69) is 252 Å². The van der Waals surface area contributed by atoms with Crippen LogP contribution < -0.4 is 4.90 Å². The average Bonchev–Trinajstić information content (AvgIpc) is 4.08. The van der Waals surface area contributed by atoms with Crippen molar-refractivity contribution < 1.29 is 0 Å². The molecule has 14 rings (SSSR count). The van der Waals surface area contributed by atoms with Gasteiger partial charge in [0.1, 0.15) is 0 Å². The van der Waals surface area contributed by atoms with Gasteiger partial charge in [0.2, 0.25) is 0 Å². The highest BCUT2D eigenvalue weighted by Crippen LogP contribution is 2.46. The Kier molecular flexibility index (Phi) is 8.98. The molecule has 0 spiro atoms. The van der Waals surface area contributed by atoms with Crippen LogP contribution in [0.15, 0.2) is 243 Å². The summed E-state index contributed by atoms with van der Waals surface area (Å²) in [4.78, 5) is 2.43. The Hall–Kier alpha value is -8.28. The standard InChI is InChI=1S/C64H40N2S2/c1-2-16-46(17-3-1)66-58-24-9-6-21-57(58)64-52(23-13-25-59(64)66)45-37-43(36-44(38-45)51-22-12-15-42-14-4-5-18-50(42)51)41-28-30-47(31-29-41)65(48-32-34-55-53-19-7-10-26-60(53)67-62(55)39-48)49-33-35-56-54-20-8-11-27-61(54)68-63(56)40-49/h1-40H. The van der Waals surface area contributed by atoms with Gasteiger partial charge < -0.3 is 9.47 Å². The van der Waals surface area contributed by atoms with Crippen molar-refractivity contribution in [1.82, 2.24) is 4.57 Å². The largest absolute Gasteiger partial charge is 0.310 e. The van der Waals surface area contributed by atoms with Crippen LogP contribution in [0.4, 0.5) is 17.1 Å². The van der Waals surface area contributed by atoms with Crippen LogP contribution in [0.1, 0.15) is 0 Å². The highest BCUT2D eigenvalue weighted by molar-refractivity contribution is 7.26. The number of anilines is 3. The molecular weight excluding hydrogens is 861 g/mol. The summed E-state index contributed by atoms with van der Waals surface area (Å²) in [5.41, 5.74) is 14.1. The van der Waals surface area contributed by atoms with Crippen LogP contribution in [-0.2, 0) is 0 Å². The van der Waals surface area contributed by atoms with E-state index in [1.165, 1.54) is 101 Å². The van der Waals surface area contributed by atoms with Gasteiger partial charge in [-0.1, -0.05) is 152 Å². The predicted molar refractivity (Wildman–Crippen MR) is 295 cm³/mol. The van der Waals surface area contributed by atoms with Crippen LogP contribution in [0.2, 0.25) is 0 Å². The number of aromatic nitrogens is 1. The fourth-order valence-corrected chi connectivity index (χ4v) is 12.9. The van der Waals surface area contributed by atoms with Crippen molar-refractivity contribution >= 4 is 113 Å². The third-order valence-corrected chi connectivity index (χ3v) is 16.0. The Morgan fingerprint density at radius 2 is 0.794 bits per heavy atom. The van der Waals surface area contributed by atoms with E-state index in [9.17, 15) is 0 Å². The normalized spacial score (nSPS) is 11.8. The van der Waals surface area contributed by atoms with Crippen LogP contribution in [0.3, 0.4) is 0 Å². The first-order valence-corrected chi connectivity index (χ1v) is 24.8. The topological polar surface area (TPSA) is 8.17 Å². The summed E-state index contributed by atoms with van der Waals surface area (Å²) in [5, 5.41) is 10.2. The minimum atomic E-state index is 1.11. The van der Waals surface area contributed by atoms with Gasteiger partial charge in [-0.15, -0.1) is 22.7 Å². The van der Waals surface area contributed by atoms with E-state index >= 15 is 0 Å². The quantitative estimate of drug-likeness (QED) is 0.155. The Balaban J connectivity index is 0.951. The molecule has 0 aliphatic carbocycles. The molecule has 3 heterocycles. The van der Waals surface area contributed by atoms with Crippen molar-refractivity contribution in [3.8, 4) is 39.1 Å². The molecule has 2 nitrogen and oxygen atoms in total. The van der Waals surface area contributed by atoms with E-state index in [0.29, 0.717) is 0 Å². The minimum Gasteiger partial charge on any atom is -0.310 e. The minimum absolute atomic E-state index is 1.11. The summed E-state index contributed by atoms with van der Waals surface area (Å²) in [5.74, 6) is 0. The van der Waals surface area contributed by atoms with E-state index < -0.39 is 0 Å². The number of para-hydroxylation sites is 2. The number of thiophene rings is 2. The Morgan fingerprint density at radius 3 is 1.50 bits per heavy atom. The number of benzene rings is 11. The van der Waals surface area contributed by atoms with Crippen molar-refractivity contribution in [2.45, 2.75) is 0 Å². The molecule has 0 N–H and O–H groups in total. The van der Waals surface area contributed by atoms with E-state index in [0.717, 1.165) is 28.3 Å². The van der Waals surface area contributed by atoms with Gasteiger partial charge >= 0.3 is 0 Å². The molecule has 14 aromatic rings. The summed E-state index contributed by atoms with van der Waals surface area (Å²) in [6.07, 6.45) is 0. The zero-order valence-electron chi connectivity index (χ0n) is 36.8. The van der Waals surface area contributed by atoms with Crippen molar-refractivity contribution in [3.05, 3.63) is 243 Å². The van der Waals surface area contributed by atoms with Gasteiger partial charge in [0.15, 0.2) is 0 Å². The number of rotatable bonds is 7. The van der Waals surface area contributed by atoms with Crippen LogP contribution in [0, 0.1) is 0 Å². The Morgan fingerprint density at radius 1 is 0.294 bits per heavy atom. The molecule has 0 aliphatic heterocycles. The number of fused-ring (bicyclic) bond motifs is 10. The maximum atomic E-state index is 2.43. The second-order valence-corrected chi connectivity index (χ2v) is 19.8. The third-order valence-electron chi connectivity index (χ3n) is 13.8. The molecule has 0 atom stereocenters. The van der Waals surface area contributed by atoms with Gasteiger partial charge in [-0.2, -0.15) is 0 Å². The lowest BCUT2D eigenvalue weighted by molar-refractivity contribution is 1.18. The molecule has 0 bridgehead atoms. The summed E-state index contributed by atoms with van der Waals surface area (Å²) >= 11 is 3.73. The molecule has 68 heavy (non-hydrogen) atoms. The maximum absolute atomic E-state index is 2.43. The van der Waals surface area contributed by atoms with Crippen LogP contribution in [0.5, 0.6) is 0 Å². The summed E-state index contributed by atoms with van der Waals surface area (Å²) in [7, 11) is 0. The summed E-state index contributed by atoms with van der Waals surface area (Å²) < 4.78 is 7.60. The highest BCUT2D eigenvalue weighted by atomic mass is 32.1. The van der Waals surface area contributed by atoms with Crippen molar-refractivity contribution in [3.63, 3.8) is 0 Å². The zero-order chi connectivity index (χ0) is 44.7. The van der Waals surface area contributed by atoms with Gasteiger partial charge in [0.05, 0.1) is 11.0 Å². The lowest BCUT2D eigenvalue weighted by Gasteiger charge is -2.26. The fourth-order valence-electron chi connectivity index (χ4n) is 10.7. The van der Waals surface area contributed by atoms with Crippen molar-refractivity contribution in [2.24, 2.45) is 0 Å². The first-order valence-electron chi connectivity index (χ1n) is 23.1. The van der Waals surface area contributed by atoms with E-state index in [1.54, 1.807) is 0 Å². The molecular formula is C64H40N2S2. The van der Waals surface area contributed by atoms with E-state index in [1.807, 2.05) is 22.7 Å². The Labute approximate surface area is 401 Å². The van der Waals surface area contributed by atoms with Crippen molar-refractivity contribution in [1.29, 1.82) is 0 Å². The number of nitrogens with zero attached hydrogens (tertiary/aromatic N) is 2. The van der Waals surface area contributed by atoms with Crippen LogP contribution >= 0.6 is 22.7 Å². The smallest absolute Gasteiger partial charge is 0.0547 e. The van der Waals surface area contributed by atoms with Crippen LogP contribution in [-0.4, -0.2) is 4.57 Å². The summed E-state index contributed by atoms with van der Waals surface area (Å²) in [6.45, 7) is 0. The molecule has 0 amide bonds. The predicted octanol–water partition coefficient (Wildman–Crippen LogP) is 19.1. The molecule has 318 valence electrons. The first-order chi connectivity index (χ1) is 33.7. The van der Waals surface area contributed by atoms with Crippen LogP contribution in [0.25, 0.3) is 112 Å². The van der Waals surface area contributed by atoms with E-state index in [-0.39, 0.29) is 0 Å². The fraction of sp³-hybridized carbons (Fsp3) is 0. The molecule has 0 unspecified atom stereocenters. The number of hydrogen-bond acceptors (Lipinski definition) is 3. The molecule has 3 aromatic heterocycles. The van der Waals surface area contributed by atoms with Gasteiger partial charge in [-0.05, 0) is 135 Å². The molecule has 0 saturated carbocycles. The first kappa shape index (κ1) is 38.9. The second-order valence-electron chi connectivity index (χ2n) is 17.7. The average molecular weight is 901 g/mol. The maximum Gasteiger partial charge on any atom is 0.0547 e. The molecule has 0 radical (unpaired) electrons. The highest BCUT2D eigenvalue weighted by Gasteiger charge is 2.20. The number of hydrogen-bond donors (Lipinski definition) is 0. The SMILES string of the molecule is c1ccc(-n2c3ccccc3c3c(-c4cc(-c5ccc(N(c6ccc7c(c6)sc6ccccc67)c6ccc7c(c6)sc6ccccc67)cc5)cc(-c5cccc6ccccc56)c4)cccc32)cc1. The Bertz CT molecular complexity index is 4150. The van der Waals surface area contributed by atoms with Gasteiger partial charge in [0.25, 0.3) is 0 Å². The molecule has 0 fully saturated rings. The lowest BCUT2D eigenvalue weighted by atomic mass is 9.90.